The molecule has 0 aromatic carbocycles. The molecule has 0 aromatic heterocycles. The minimum absolute atomic E-state index is 0.297. The van der Waals surface area contributed by atoms with Gasteiger partial charge in [0.25, 0.3) is 0 Å². The van der Waals surface area contributed by atoms with Crippen LogP contribution in [0.2, 0.25) is 0 Å². The highest BCUT2D eigenvalue weighted by atomic mass is 16.7. The molecule has 0 amide bonds. The zero-order valence-electron chi connectivity index (χ0n) is 7.49. The lowest BCUT2D eigenvalue weighted by Gasteiger charge is -2.00. The summed E-state index contributed by atoms with van der Waals surface area (Å²) >= 11 is 0. The molecule has 0 aromatic rings. The summed E-state index contributed by atoms with van der Waals surface area (Å²) in [6.07, 6.45) is 6.55. The zero-order chi connectivity index (χ0) is 9.07. The molecular weight excluding hydrogens is 156 g/mol. The number of allylic oxidation sites excluding steroid dienone is 1. The van der Waals surface area contributed by atoms with Gasteiger partial charge in [0, 0.05) is 6.42 Å². The van der Waals surface area contributed by atoms with Crippen molar-refractivity contribution in [2.24, 2.45) is 0 Å². The van der Waals surface area contributed by atoms with Crippen molar-refractivity contribution >= 4 is 6.29 Å². The van der Waals surface area contributed by atoms with Gasteiger partial charge >= 0.3 is 0 Å². The molecule has 0 N–H and O–H groups in total. The highest BCUT2D eigenvalue weighted by molar-refractivity contribution is 5.49. The fourth-order valence-corrected chi connectivity index (χ4v) is 0.591. The van der Waals surface area contributed by atoms with E-state index in [1.54, 1.807) is 6.26 Å². The van der Waals surface area contributed by atoms with Crippen LogP contribution in [0, 0.1) is 0 Å². The molecule has 0 atom stereocenters. The van der Waals surface area contributed by atoms with Crippen molar-refractivity contribution in [1.82, 2.24) is 0 Å². The number of hydrogen-bond donors (Lipinski definition) is 0. The maximum Gasteiger partial charge on any atom is 0.188 e. The summed E-state index contributed by atoms with van der Waals surface area (Å²) in [7, 11) is 0. The van der Waals surface area contributed by atoms with E-state index in [1.165, 1.54) is 0 Å². The first kappa shape index (κ1) is 11.2. The number of carbonyl (C=O) groups is 1. The average molecular weight is 172 g/mol. The Kier molecular flexibility index (Phi) is 9.47. The first-order valence-corrected chi connectivity index (χ1v) is 4.19. The molecule has 3 nitrogen and oxygen atoms in total. The Morgan fingerprint density at radius 3 is 2.83 bits per heavy atom. The van der Waals surface area contributed by atoms with Crippen LogP contribution < -0.4 is 0 Å². The van der Waals surface area contributed by atoms with Crippen molar-refractivity contribution in [2.45, 2.75) is 26.2 Å². The monoisotopic (exact) mass is 172 g/mol. The Bertz CT molecular complexity index is 121. The van der Waals surface area contributed by atoms with Crippen LogP contribution in [-0.4, -0.2) is 19.7 Å². The molecule has 0 saturated heterocycles. The second kappa shape index (κ2) is 10.2. The third-order valence-corrected chi connectivity index (χ3v) is 1.14. The van der Waals surface area contributed by atoms with Gasteiger partial charge in [-0.25, -0.2) is 0 Å². The number of carbonyl (C=O) groups excluding carboxylic acids is 1. The molecular formula is C9H16O3. The Labute approximate surface area is 73.4 Å². The van der Waals surface area contributed by atoms with E-state index in [0.717, 1.165) is 25.7 Å². The summed E-state index contributed by atoms with van der Waals surface area (Å²) in [5.74, 6) is 0. The van der Waals surface area contributed by atoms with Gasteiger partial charge in [-0.3, -0.25) is 0 Å². The van der Waals surface area contributed by atoms with Crippen LogP contribution in [0.3, 0.4) is 0 Å². The summed E-state index contributed by atoms with van der Waals surface area (Å²) < 4.78 is 10.0. The van der Waals surface area contributed by atoms with Gasteiger partial charge in [-0.1, -0.05) is 6.92 Å². The summed E-state index contributed by atoms with van der Waals surface area (Å²) in [6.45, 7) is 3.06. The fraction of sp³-hybridized carbons (Fsp3) is 0.667. The van der Waals surface area contributed by atoms with Crippen molar-refractivity contribution in [2.75, 3.05) is 13.4 Å². The molecule has 0 spiro atoms. The van der Waals surface area contributed by atoms with Crippen LogP contribution in [0.4, 0.5) is 0 Å². The van der Waals surface area contributed by atoms with E-state index >= 15 is 0 Å². The van der Waals surface area contributed by atoms with E-state index in [-0.39, 0.29) is 0 Å². The molecule has 0 bridgehead atoms. The number of hydrogen-bond acceptors (Lipinski definition) is 3. The molecule has 70 valence electrons. The normalized spacial score (nSPS) is 10.4. The highest BCUT2D eigenvalue weighted by Gasteiger charge is 1.81. The van der Waals surface area contributed by atoms with Gasteiger partial charge in [-0.05, 0) is 18.9 Å². The predicted octanol–water partition coefficient (Wildman–Crippen LogP) is 1.88. The third kappa shape index (κ3) is 9.17. The molecule has 0 rings (SSSR count). The summed E-state index contributed by atoms with van der Waals surface area (Å²) in [5, 5.41) is 0. The van der Waals surface area contributed by atoms with E-state index in [9.17, 15) is 4.79 Å². The molecule has 0 unspecified atom stereocenters. The largest absolute Gasteiger partial charge is 0.475 e. The minimum Gasteiger partial charge on any atom is -0.475 e. The lowest BCUT2D eigenvalue weighted by molar-refractivity contribution is -0.107. The SMILES string of the molecule is CCCOCOC=CCCC=O. The van der Waals surface area contributed by atoms with Crippen molar-refractivity contribution in [3.05, 3.63) is 12.3 Å². The second-order valence-corrected chi connectivity index (χ2v) is 2.31. The van der Waals surface area contributed by atoms with Crippen LogP contribution in [0.15, 0.2) is 12.3 Å². The number of rotatable bonds is 8. The standard InChI is InChI=1S/C9H16O3/c1-2-7-11-9-12-8-5-3-4-6-10/h5-6,8H,2-4,7,9H2,1H3. The van der Waals surface area contributed by atoms with Gasteiger partial charge in [0.15, 0.2) is 6.79 Å². The van der Waals surface area contributed by atoms with Crippen molar-refractivity contribution in [1.29, 1.82) is 0 Å². The molecule has 3 heteroatoms. The van der Waals surface area contributed by atoms with Crippen LogP contribution >= 0.6 is 0 Å². The molecule has 0 aliphatic rings. The number of aldehydes is 1. The minimum atomic E-state index is 0.297. The third-order valence-electron chi connectivity index (χ3n) is 1.14. The van der Waals surface area contributed by atoms with Crippen LogP contribution in [0.25, 0.3) is 0 Å². The van der Waals surface area contributed by atoms with E-state index < -0.39 is 0 Å². The Morgan fingerprint density at radius 2 is 2.17 bits per heavy atom. The van der Waals surface area contributed by atoms with Crippen LogP contribution in [0.5, 0.6) is 0 Å². The van der Waals surface area contributed by atoms with Gasteiger partial charge in [0.05, 0.1) is 12.9 Å². The smallest absolute Gasteiger partial charge is 0.188 e. The highest BCUT2D eigenvalue weighted by Crippen LogP contribution is 1.88. The first-order valence-electron chi connectivity index (χ1n) is 4.19. The first-order chi connectivity index (χ1) is 5.91. The van der Waals surface area contributed by atoms with E-state index in [2.05, 4.69) is 0 Å². The molecule has 0 saturated carbocycles. The Morgan fingerprint density at radius 1 is 1.33 bits per heavy atom. The van der Waals surface area contributed by atoms with Gasteiger partial charge in [0.2, 0.25) is 0 Å². The fourth-order valence-electron chi connectivity index (χ4n) is 0.591. The van der Waals surface area contributed by atoms with Gasteiger partial charge in [-0.15, -0.1) is 0 Å². The zero-order valence-corrected chi connectivity index (χ0v) is 7.49. The van der Waals surface area contributed by atoms with Gasteiger partial charge in [-0.2, -0.15) is 0 Å². The van der Waals surface area contributed by atoms with E-state index in [0.29, 0.717) is 13.2 Å². The van der Waals surface area contributed by atoms with Crippen molar-refractivity contribution < 1.29 is 14.3 Å². The van der Waals surface area contributed by atoms with Crippen molar-refractivity contribution in [3.63, 3.8) is 0 Å². The van der Waals surface area contributed by atoms with Crippen molar-refractivity contribution in [3.8, 4) is 0 Å². The van der Waals surface area contributed by atoms with Crippen LogP contribution in [0.1, 0.15) is 26.2 Å². The van der Waals surface area contributed by atoms with E-state index in [4.69, 9.17) is 9.47 Å². The number of ether oxygens (including phenoxy) is 2. The lowest BCUT2D eigenvalue weighted by atomic mass is 10.3. The molecule has 0 fully saturated rings. The molecule has 0 heterocycles. The molecule has 0 aliphatic heterocycles. The van der Waals surface area contributed by atoms with E-state index in [1.807, 2.05) is 13.0 Å². The maximum absolute atomic E-state index is 9.88. The molecule has 12 heavy (non-hydrogen) atoms. The molecule has 0 aliphatic carbocycles. The quantitative estimate of drug-likeness (QED) is 0.243. The summed E-state index contributed by atoms with van der Waals surface area (Å²) in [4.78, 5) is 9.88. The predicted molar refractivity (Wildman–Crippen MR) is 46.6 cm³/mol. The Balaban J connectivity index is 2.97. The Hall–Kier alpha value is -0.830. The summed E-state index contributed by atoms with van der Waals surface area (Å²) in [5.41, 5.74) is 0. The van der Waals surface area contributed by atoms with Gasteiger partial charge < -0.3 is 14.3 Å². The summed E-state index contributed by atoms with van der Waals surface area (Å²) in [6, 6.07) is 0. The lowest BCUT2D eigenvalue weighted by Crippen LogP contribution is -1.95. The van der Waals surface area contributed by atoms with Gasteiger partial charge in [0.1, 0.15) is 6.29 Å². The number of unbranched alkanes of at least 4 members (excludes halogenated alkanes) is 1. The second-order valence-electron chi connectivity index (χ2n) is 2.31. The average Bonchev–Trinajstić information content (AvgIpc) is 2.10. The molecule has 0 radical (unpaired) electrons. The maximum atomic E-state index is 9.88. The topological polar surface area (TPSA) is 35.5 Å². The van der Waals surface area contributed by atoms with Crippen LogP contribution in [-0.2, 0) is 14.3 Å².